The first-order valence-electron chi connectivity index (χ1n) is 9.36. The highest BCUT2D eigenvalue weighted by atomic mass is 35.5. The third kappa shape index (κ3) is 7.56. The Morgan fingerprint density at radius 2 is 1.85 bits per heavy atom. The second kappa shape index (κ2) is 11.4. The summed E-state index contributed by atoms with van der Waals surface area (Å²) in [6.45, 7) is 7.69. The molecule has 150 valence electrons. The number of rotatable bonds is 7. The van der Waals surface area contributed by atoms with Gasteiger partial charge in [0.15, 0.2) is 5.96 Å². The molecule has 1 aromatic rings. The second-order valence-corrected chi connectivity index (χ2v) is 7.46. The molecule has 0 spiro atoms. The van der Waals surface area contributed by atoms with Gasteiger partial charge in [0.05, 0.1) is 0 Å². The number of carbonyl (C=O) groups excluding carboxylic acids is 1. The summed E-state index contributed by atoms with van der Waals surface area (Å²) < 4.78 is 0. The summed E-state index contributed by atoms with van der Waals surface area (Å²) in [7, 11) is 1.77. The van der Waals surface area contributed by atoms with Crippen molar-refractivity contribution in [3.63, 3.8) is 0 Å². The van der Waals surface area contributed by atoms with Gasteiger partial charge in [-0.1, -0.05) is 29.3 Å². The van der Waals surface area contributed by atoms with Gasteiger partial charge in [-0.15, -0.1) is 0 Å². The van der Waals surface area contributed by atoms with Crippen LogP contribution in [0.1, 0.15) is 18.9 Å². The molecule has 1 aromatic carbocycles. The van der Waals surface area contributed by atoms with Crippen molar-refractivity contribution in [2.45, 2.75) is 19.8 Å². The summed E-state index contributed by atoms with van der Waals surface area (Å²) in [6, 6.07) is 5.62. The van der Waals surface area contributed by atoms with E-state index in [-0.39, 0.29) is 5.91 Å². The third-order valence-corrected chi connectivity index (χ3v) is 5.28. The molecular formula is C19H29Cl2N5O. The second-order valence-electron chi connectivity index (χ2n) is 6.61. The molecule has 0 radical (unpaired) electrons. The number of aryl methyl sites for hydroxylation is 1. The first kappa shape index (κ1) is 21.8. The van der Waals surface area contributed by atoms with Crippen LogP contribution in [0.25, 0.3) is 0 Å². The fourth-order valence-electron chi connectivity index (χ4n) is 3.05. The van der Waals surface area contributed by atoms with Crippen molar-refractivity contribution in [3.8, 4) is 0 Å². The molecule has 0 aromatic heterocycles. The Kier molecular flexibility index (Phi) is 9.18. The van der Waals surface area contributed by atoms with E-state index >= 15 is 0 Å². The predicted octanol–water partition coefficient (Wildman–Crippen LogP) is 2.26. The molecule has 2 rings (SSSR count). The van der Waals surface area contributed by atoms with Crippen molar-refractivity contribution in [2.24, 2.45) is 4.99 Å². The zero-order chi connectivity index (χ0) is 19.6. The topological polar surface area (TPSA) is 60.0 Å². The Morgan fingerprint density at radius 3 is 2.48 bits per heavy atom. The van der Waals surface area contributed by atoms with E-state index in [0.717, 1.165) is 75.2 Å². The average molecular weight is 414 g/mol. The first-order chi connectivity index (χ1) is 13.0. The van der Waals surface area contributed by atoms with Crippen molar-refractivity contribution in [1.29, 1.82) is 0 Å². The van der Waals surface area contributed by atoms with E-state index in [9.17, 15) is 4.79 Å². The van der Waals surface area contributed by atoms with Crippen LogP contribution in [0.3, 0.4) is 0 Å². The lowest BCUT2D eigenvalue weighted by Crippen LogP contribution is -2.50. The summed E-state index contributed by atoms with van der Waals surface area (Å²) in [4.78, 5) is 19.9. The molecule has 0 aliphatic carbocycles. The van der Waals surface area contributed by atoms with Crippen LogP contribution in [0.15, 0.2) is 23.2 Å². The number of hydrogen-bond donors (Lipinski definition) is 2. The minimum absolute atomic E-state index is 0.164. The quantitative estimate of drug-likeness (QED) is 0.408. The van der Waals surface area contributed by atoms with Gasteiger partial charge in [-0.25, -0.2) is 0 Å². The number of nitrogens with one attached hydrogen (secondary N) is 2. The van der Waals surface area contributed by atoms with Gasteiger partial charge in [0.2, 0.25) is 5.91 Å². The van der Waals surface area contributed by atoms with Crippen LogP contribution in [0, 0.1) is 0 Å². The van der Waals surface area contributed by atoms with Gasteiger partial charge in [-0.3, -0.25) is 14.7 Å². The maximum Gasteiger partial charge on any atom is 0.219 e. The smallest absolute Gasteiger partial charge is 0.219 e. The van der Waals surface area contributed by atoms with Crippen molar-refractivity contribution in [3.05, 3.63) is 33.8 Å². The molecule has 1 fully saturated rings. The summed E-state index contributed by atoms with van der Waals surface area (Å²) in [5.74, 6) is 0.969. The van der Waals surface area contributed by atoms with Crippen molar-refractivity contribution >= 4 is 35.1 Å². The monoisotopic (exact) mass is 413 g/mol. The standard InChI is InChI=1S/C19H29Cl2N5O/c1-15(27)26-12-10-25(11-13-26)9-8-24-19(22-2)23-7-3-4-16-5-6-17(20)14-18(16)21/h5-6,14H,3-4,7-13H2,1-2H3,(H2,22,23,24). The van der Waals surface area contributed by atoms with Crippen LogP contribution >= 0.6 is 23.2 Å². The van der Waals surface area contributed by atoms with E-state index in [1.54, 1.807) is 20.0 Å². The number of piperazine rings is 1. The summed E-state index contributed by atoms with van der Waals surface area (Å²) >= 11 is 12.1. The van der Waals surface area contributed by atoms with Gasteiger partial charge in [0.1, 0.15) is 0 Å². The lowest BCUT2D eigenvalue weighted by atomic mass is 10.1. The lowest BCUT2D eigenvalue weighted by molar-refractivity contribution is -0.130. The van der Waals surface area contributed by atoms with Crippen molar-refractivity contribution in [2.75, 3.05) is 52.9 Å². The normalized spacial score (nSPS) is 15.7. The van der Waals surface area contributed by atoms with Gasteiger partial charge in [0.25, 0.3) is 0 Å². The molecule has 0 unspecified atom stereocenters. The molecule has 0 saturated carbocycles. The molecule has 0 bridgehead atoms. The van der Waals surface area contributed by atoms with Crippen LogP contribution in [0.5, 0.6) is 0 Å². The number of hydrogen-bond acceptors (Lipinski definition) is 3. The third-order valence-electron chi connectivity index (χ3n) is 4.69. The maximum atomic E-state index is 11.4. The fourth-order valence-corrected chi connectivity index (χ4v) is 3.55. The number of benzene rings is 1. The predicted molar refractivity (Wildman–Crippen MR) is 113 cm³/mol. The number of nitrogens with zero attached hydrogens (tertiary/aromatic N) is 3. The van der Waals surface area contributed by atoms with Crippen molar-refractivity contribution in [1.82, 2.24) is 20.4 Å². The Balaban J connectivity index is 1.60. The lowest BCUT2D eigenvalue weighted by Gasteiger charge is -2.34. The summed E-state index contributed by atoms with van der Waals surface area (Å²) in [6.07, 6.45) is 1.84. The highest BCUT2D eigenvalue weighted by Gasteiger charge is 2.17. The van der Waals surface area contributed by atoms with E-state index in [1.807, 2.05) is 17.0 Å². The Labute approximate surface area is 171 Å². The molecular weight excluding hydrogens is 385 g/mol. The summed E-state index contributed by atoms with van der Waals surface area (Å²) in [5.41, 5.74) is 1.11. The highest BCUT2D eigenvalue weighted by molar-refractivity contribution is 6.35. The Bertz CT molecular complexity index is 645. The molecule has 6 nitrogen and oxygen atoms in total. The van der Waals surface area contributed by atoms with Crippen LogP contribution < -0.4 is 10.6 Å². The fraction of sp³-hybridized carbons (Fsp3) is 0.579. The number of halogens is 2. The van der Waals surface area contributed by atoms with Gasteiger partial charge in [-0.05, 0) is 30.5 Å². The minimum atomic E-state index is 0.164. The number of amides is 1. The van der Waals surface area contributed by atoms with E-state index in [1.165, 1.54) is 0 Å². The van der Waals surface area contributed by atoms with Gasteiger partial charge in [-0.2, -0.15) is 0 Å². The van der Waals surface area contributed by atoms with Gasteiger partial charge >= 0.3 is 0 Å². The Morgan fingerprint density at radius 1 is 1.15 bits per heavy atom. The van der Waals surface area contributed by atoms with Crippen LogP contribution in [-0.2, 0) is 11.2 Å². The molecule has 2 N–H and O–H groups in total. The average Bonchev–Trinajstić information content (AvgIpc) is 2.65. The Hall–Kier alpha value is -1.50. The molecule has 1 amide bonds. The van der Waals surface area contributed by atoms with Crippen LogP contribution in [0.4, 0.5) is 0 Å². The van der Waals surface area contributed by atoms with E-state index in [2.05, 4.69) is 20.5 Å². The molecule has 0 atom stereocenters. The van der Waals surface area contributed by atoms with E-state index < -0.39 is 0 Å². The largest absolute Gasteiger partial charge is 0.356 e. The summed E-state index contributed by atoms with van der Waals surface area (Å²) in [5, 5.41) is 8.05. The highest BCUT2D eigenvalue weighted by Crippen LogP contribution is 2.21. The van der Waals surface area contributed by atoms with E-state index in [4.69, 9.17) is 23.2 Å². The first-order valence-corrected chi connectivity index (χ1v) is 10.1. The molecule has 1 saturated heterocycles. The number of guanidine groups is 1. The molecule has 1 heterocycles. The van der Waals surface area contributed by atoms with Crippen molar-refractivity contribution < 1.29 is 4.79 Å². The maximum absolute atomic E-state index is 11.4. The number of carbonyl (C=O) groups is 1. The zero-order valence-corrected chi connectivity index (χ0v) is 17.6. The molecule has 27 heavy (non-hydrogen) atoms. The minimum Gasteiger partial charge on any atom is -0.356 e. The molecule has 1 aliphatic heterocycles. The van der Waals surface area contributed by atoms with Gasteiger partial charge in [0, 0.05) is 69.8 Å². The SMILES string of the molecule is CN=C(NCCCc1ccc(Cl)cc1Cl)NCCN1CCN(C(C)=O)CC1. The van der Waals surface area contributed by atoms with Gasteiger partial charge < -0.3 is 15.5 Å². The van der Waals surface area contributed by atoms with Crippen LogP contribution in [0.2, 0.25) is 10.0 Å². The van der Waals surface area contributed by atoms with E-state index in [0.29, 0.717) is 5.02 Å². The molecule has 8 heteroatoms. The van der Waals surface area contributed by atoms with Crippen LogP contribution in [-0.4, -0.2) is 74.5 Å². The zero-order valence-electron chi connectivity index (χ0n) is 16.1. The number of aliphatic imine (C=N–C) groups is 1. The molecule has 1 aliphatic rings.